The van der Waals surface area contributed by atoms with Crippen LogP contribution < -0.4 is 5.73 Å². The molecule has 0 bridgehead atoms. The van der Waals surface area contributed by atoms with Gasteiger partial charge in [0.25, 0.3) is 5.91 Å². The van der Waals surface area contributed by atoms with E-state index in [9.17, 15) is 22.8 Å². The van der Waals surface area contributed by atoms with Gasteiger partial charge in [-0.2, -0.15) is 0 Å². The molecule has 1 fully saturated rings. The summed E-state index contributed by atoms with van der Waals surface area (Å²) in [7, 11) is 0. The van der Waals surface area contributed by atoms with Gasteiger partial charge in [-0.15, -0.1) is 0 Å². The Hall–Kier alpha value is -3.65. The minimum absolute atomic E-state index is 0.0445. The van der Waals surface area contributed by atoms with Gasteiger partial charge in [-0.3, -0.25) is 4.79 Å². The summed E-state index contributed by atoms with van der Waals surface area (Å²) in [6, 6.07) is 14.6. The van der Waals surface area contributed by atoms with Gasteiger partial charge in [-0.1, -0.05) is 42.5 Å². The Labute approximate surface area is 182 Å². The van der Waals surface area contributed by atoms with Gasteiger partial charge in [-0.25, -0.2) is 22.9 Å². The van der Waals surface area contributed by atoms with E-state index in [1.54, 1.807) is 30.3 Å². The van der Waals surface area contributed by atoms with Gasteiger partial charge in [0.1, 0.15) is 30.1 Å². The molecular formula is C24H19F3N2O3. The average Bonchev–Trinajstić information content (AvgIpc) is 3.16. The van der Waals surface area contributed by atoms with Crippen LogP contribution >= 0.6 is 0 Å². The second-order valence-electron chi connectivity index (χ2n) is 7.47. The van der Waals surface area contributed by atoms with Gasteiger partial charge in [0.15, 0.2) is 0 Å². The number of hydrogen-bond donors (Lipinski definition) is 1. The minimum atomic E-state index is -1.40. The first-order valence-corrected chi connectivity index (χ1v) is 9.87. The highest BCUT2D eigenvalue weighted by Crippen LogP contribution is 2.33. The number of imide groups is 1. The summed E-state index contributed by atoms with van der Waals surface area (Å²) in [4.78, 5) is 26.7. The summed E-state index contributed by atoms with van der Waals surface area (Å²) in [5.41, 5.74) is 7.43. The second-order valence-corrected chi connectivity index (χ2v) is 7.47. The van der Waals surface area contributed by atoms with E-state index in [1.165, 1.54) is 12.1 Å². The molecule has 4 rings (SSSR count). The van der Waals surface area contributed by atoms with Crippen molar-refractivity contribution >= 4 is 12.0 Å². The lowest BCUT2D eigenvalue weighted by atomic mass is 9.84. The maximum Gasteiger partial charge on any atom is 0.417 e. The van der Waals surface area contributed by atoms with Crippen LogP contribution in [0.15, 0.2) is 72.8 Å². The molecule has 8 heteroatoms. The number of cyclic esters (lactones) is 1. The molecule has 3 aromatic carbocycles. The number of benzene rings is 3. The summed E-state index contributed by atoms with van der Waals surface area (Å²) < 4.78 is 46.5. The molecule has 32 heavy (non-hydrogen) atoms. The van der Waals surface area contributed by atoms with Crippen molar-refractivity contribution in [2.75, 3.05) is 6.61 Å². The van der Waals surface area contributed by atoms with Crippen LogP contribution in [0.2, 0.25) is 0 Å². The van der Waals surface area contributed by atoms with Crippen LogP contribution in [0, 0.1) is 17.5 Å². The Kier molecular flexibility index (Phi) is 5.96. The molecule has 0 radical (unpaired) electrons. The summed E-state index contributed by atoms with van der Waals surface area (Å²) in [6.07, 6.45) is -0.859. The van der Waals surface area contributed by atoms with Crippen molar-refractivity contribution in [2.45, 2.75) is 18.0 Å². The molecule has 1 heterocycles. The van der Waals surface area contributed by atoms with Gasteiger partial charge in [0, 0.05) is 12.0 Å². The lowest BCUT2D eigenvalue weighted by molar-refractivity contribution is -0.131. The molecule has 0 saturated carbocycles. The topological polar surface area (TPSA) is 72.6 Å². The van der Waals surface area contributed by atoms with Crippen molar-refractivity contribution in [3.8, 4) is 0 Å². The molecule has 1 saturated heterocycles. The maximum absolute atomic E-state index is 14.0. The minimum Gasteiger partial charge on any atom is -0.446 e. The highest BCUT2D eigenvalue weighted by atomic mass is 19.1. The van der Waals surface area contributed by atoms with E-state index < -0.39 is 47.5 Å². The van der Waals surface area contributed by atoms with Crippen molar-refractivity contribution in [3.63, 3.8) is 0 Å². The largest absolute Gasteiger partial charge is 0.446 e. The van der Waals surface area contributed by atoms with E-state index in [-0.39, 0.29) is 12.2 Å². The third-order valence-electron chi connectivity index (χ3n) is 5.41. The Morgan fingerprint density at radius 2 is 1.53 bits per heavy atom. The number of rotatable bonds is 5. The lowest BCUT2D eigenvalue weighted by Crippen LogP contribution is -2.48. The summed E-state index contributed by atoms with van der Waals surface area (Å²) in [6.45, 7) is -0.0445. The number of carbonyl (C=O) groups excluding carboxylic acids is 2. The van der Waals surface area contributed by atoms with E-state index in [1.807, 2.05) is 0 Å². The van der Waals surface area contributed by atoms with E-state index in [0.717, 1.165) is 29.2 Å². The number of nitrogens with zero attached hydrogens (tertiary/aromatic N) is 1. The van der Waals surface area contributed by atoms with Crippen LogP contribution in [0.3, 0.4) is 0 Å². The quantitative estimate of drug-likeness (QED) is 0.643. The van der Waals surface area contributed by atoms with Crippen LogP contribution in [0.4, 0.5) is 18.0 Å². The number of halogens is 3. The Morgan fingerprint density at radius 1 is 0.906 bits per heavy atom. The van der Waals surface area contributed by atoms with Gasteiger partial charge in [-0.05, 0) is 41.0 Å². The maximum atomic E-state index is 14.0. The molecule has 1 aliphatic heterocycles. The second kappa shape index (κ2) is 8.84. The first-order valence-electron chi connectivity index (χ1n) is 9.87. The van der Waals surface area contributed by atoms with Crippen molar-refractivity contribution in [3.05, 3.63) is 107 Å². The summed E-state index contributed by atoms with van der Waals surface area (Å²) in [5, 5.41) is 0. The Bertz CT molecular complexity index is 1120. The fraction of sp³-hybridized carbons (Fsp3) is 0.167. The van der Waals surface area contributed by atoms with Crippen LogP contribution in [0.25, 0.3) is 0 Å². The predicted molar refractivity (Wildman–Crippen MR) is 110 cm³/mol. The monoisotopic (exact) mass is 440 g/mol. The van der Waals surface area contributed by atoms with Crippen LogP contribution in [-0.2, 0) is 9.53 Å². The third-order valence-corrected chi connectivity index (χ3v) is 5.41. The number of amides is 2. The molecule has 164 valence electrons. The van der Waals surface area contributed by atoms with Gasteiger partial charge in [0.2, 0.25) is 0 Å². The summed E-state index contributed by atoms with van der Waals surface area (Å²) in [5.74, 6) is -4.05. The molecule has 2 N–H and O–H groups in total. The zero-order chi connectivity index (χ0) is 22.8. The third kappa shape index (κ3) is 4.22. The van der Waals surface area contributed by atoms with Crippen molar-refractivity contribution in [1.29, 1.82) is 0 Å². The first kappa shape index (κ1) is 21.6. The first-order chi connectivity index (χ1) is 15.3. The number of ether oxygens (including phenoxy) is 1. The average molecular weight is 440 g/mol. The van der Waals surface area contributed by atoms with Crippen molar-refractivity contribution < 1.29 is 27.5 Å². The van der Waals surface area contributed by atoms with Crippen molar-refractivity contribution in [2.24, 2.45) is 5.73 Å². The molecular weight excluding hydrogens is 421 g/mol. The molecule has 2 amide bonds. The highest BCUT2D eigenvalue weighted by Gasteiger charge is 2.43. The Morgan fingerprint density at radius 3 is 2.16 bits per heavy atom. The Balaban J connectivity index is 1.74. The molecule has 0 aliphatic carbocycles. The predicted octanol–water partition coefficient (Wildman–Crippen LogP) is 4.28. The number of carbonyl (C=O) groups is 2. The van der Waals surface area contributed by atoms with E-state index in [4.69, 9.17) is 10.5 Å². The smallest absolute Gasteiger partial charge is 0.417 e. The number of nitrogens with two attached hydrogens (primary N) is 1. The molecule has 5 nitrogen and oxygen atoms in total. The fourth-order valence-corrected chi connectivity index (χ4v) is 3.92. The van der Waals surface area contributed by atoms with Gasteiger partial charge >= 0.3 is 6.09 Å². The van der Waals surface area contributed by atoms with E-state index >= 15 is 0 Å². The molecule has 0 spiro atoms. The van der Waals surface area contributed by atoms with Crippen LogP contribution in [0.1, 0.15) is 28.7 Å². The standard InChI is InChI=1S/C24H19F3N2O3/c25-17-8-6-15(7-9-17)21(16-10-18(26)12-19(27)11-16)22(28)23(30)29-20(13-32-24(29)31)14-4-2-1-3-5-14/h1-12,20-22H,13,28H2/t20-,21+,22+/m1/s1. The lowest BCUT2D eigenvalue weighted by Gasteiger charge is -2.29. The number of hydrogen-bond acceptors (Lipinski definition) is 4. The SMILES string of the molecule is N[C@H](C(=O)N1C(=O)OC[C@@H]1c1ccccc1)[C@@H](c1ccc(F)cc1)c1cc(F)cc(F)c1. The summed E-state index contributed by atoms with van der Waals surface area (Å²) >= 11 is 0. The highest BCUT2D eigenvalue weighted by molar-refractivity contribution is 5.97. The molecule has 0 aromatic heterocycles. The van der Waals surface area contributed by atoms with Crippen LogP contribution in [-0.4, -0.2) is 29.5 Å². The van der Waals surface area contributed by atoms with Gasteiger partial charge in [0.05, 0.1) is 6.04 Å². The zero-order valence-corrected chi connectivity index (χ0v) is 16.8. The van der Waals surface area contributed by atoms with E-state index in [2.05, 4.69) is 0 Å². The fourth-order valence-electron chi connectivity index (χ4n) is 3.92. The molecule has 3 aromatic rings. The molecule has 0 unspecified atom stereocenters. The normalized spacial score (nSPS) is 17.7. The van der Waals surface area contributed by atoms with Crippen molar-refractivity contribution in [1.82, 2.24) is 4.90 Å². The van der Waals surface area contributed by atoms with Crippen LogP contribution in [0.5, 0.6) is 0 Å². The molecule has 3 atom stereocenters. The van der Waals surface area contributed by atoms with E-state index in [0.29, 0.717) is 17.2 Å². The van der Waals surface area contributed by atoms with Gasteiger partial charge < -0.3 is 10.5 Å². The zero-order valence-electron chi connectivity index (χ0n) is 16.8. The molecule has 1 aliphatic rings.